The van der Waals surface area contributed by atoms with Crippen molar-refractivity contribution < 1.29 is 4.74 Å². The first kappa shape index (κ1) is 13.0. The topological polar surface area (TPSA) is 24.5 Å². The molecule has 0 spiro atoms. The van der Waals surface area contributed by atoms with Crippen molar-refractivity contribution >= 4 is 5.69 Å². The van der Waals surface area contributed by atoms with Crippen LogP contribution in [0.2, 0.25) is 0 Å². The summed E-state index contributed by atoms with van der Waals surface area (Å²) in [7, 11) is 0. The minimum absolute atomic E-state index is 0.615. The van der Waals surface area contributed by atoms with E-state index in [2.05, 4.69) is 40.5 Å². The van der Waals surface area contributed by atoms with Gasteiger partial charge in [-0.25, -0.2) is 0 Å². The zero-order chi connectivity index (χ0) is 13.6. The molecule has 20 heavy (non-hydrogen) atoms. The molecule has 104 valence electrons. The molecule has 1 aliphatic heterocycles. The molecule has 1 aliphatic rings. The maximum Gasteiger partial charge on any atom is 0.143 e. The van der Waals surface area contributed by atoms with Gasteiger partial charge in [-0.15, -0.1) is 0 Å². The molecule has 3 rings (SSSR count). The van der Waals surface area contributed by atoms with E-state index in [1.165, 1.54) is 11.3 Å². The molecule has 1 N–H and O–H groups in total. The number of hydrogen-bond acceptors (Lipinski definition) is 3. The van der Waals surface area contributed by atoms with Crippen molar-refractivity contribution in [2.24, 2.45) is 0 Å². The maximum absolute atomic E-state index is 6.01. The Kier molecular flexibility index (Phi) is 4.19. The maximum atomic E-state index is 6.01. The van der Waals surface area contributed by atoms with Crippen LogP contribution >= 0.6 is 0 Å². The molecular weight excluding hydrogens is 248 g/mol. The van der Waals surface area contributed by atoms with E-state index in [9.17, 15) is 0 Å². The van der Waals surface area contributed by atoms with Gasteiger partial charge in [0.1, 0.15) is 12.4 Å². The van der Waals surface area contributed by atoms with Gasteiger partial charge in [0.25, 0.3) is 0 Å². The molecule has 1 saturated heterocycles. The summed E-state index contributed by atoms with van der Waals surface area (Å²) in [5.74, 6) is 0.971. The number of ether oxygens (including phenoxy) is 1. The largest absolute Gasteiger partial charge is 0.487 e. The average molecular weight is 268 g/mol. The molecule has 0 aliphatic carbocycles. The first-order chi connectivity index (χ1) is 9.93. The summed E-state index contributed by atoms with van der Waals surface area (Å²) in [6.45, 7) is 4.75. The van der Waals surface area contributed by atoms with Crippen molar-refractivity contribution in [2.75, 3.05) is 31.1 Å². The number of piperazine rings is 1. The zero-order valence-corrected chi connectivity index (χ0v) is 11.6. The average Bonchev–Trinajstić information content (AvgIpc) is 2.55. The van der Waals surface area contributed by atoms with E-state index in [4.69, 9.17) is 4.74 Å². The van der Waals surface area contributed by atoms with Crippen LogP contribution in [0.4, 0.5) is 5.69 Å². The Morgan fingerprint density at radius 3 is 2.40 bits per heavy atom. The monoisotopic (exact) mass is 268 g/mol. The number of nitrogens with one attached hydrogen (secondary N) is 1. The molecule has 2 aromatic rings. The van der Waals surface area contributed by atoms with Crippen LogP contribution in [0, 0.1) is 0 Å². The van der Waals surface area contributed by atoms with E-state index >= 15 is 0 Å². The minimum Gasteiger partial charge on any atom is -0.487 e. The van der Waals surface area contributed by atoms with Crippen LogP contribution in [-0.4, -0.2) is 26.2 Å². The lowest BCUT2D eigenvalue weighted by Crippen LogP contribution is -2.43. The molecule has 3 nitrogen and oxygen atoms in total. The van der Waals surface area contributed by atoms with Crippen molar-refractivity contribution in [3.8, 4) is 5.75 Å². The van der Waals surface area contributed by atoms with E-state index in [1.54, 1.807) is 0 Å². The van der Waals surface area contributed by atoms with Gasteiger partial charge in [0.2, 0.25) is 0 Å². The normalized spacial score (nSPS) is 15.1. The van der Waals surface area contributed by atoms with E-state index in [1.807, 2.05) is 24.3 Å². The molecular formula is C17H20N2O. The van der Waals surface area contributed by atoms with Gasteiger partial charge in [0.15, 0.2) is 0 Å². The first-order valence-corrected chi connectivity index (χ1v) is 7.15. The second-order valence-electron chi connectivity index (χ2n) is 4.98. The number of hydrogen-bond donors (Lipinski definition) is 1. The van der Waals surface area contributed by atoms with E-state index in [-0.39, 0.29) is 0 Å². The SMILES string of the molecule is c1ccc(COc2ccccc2N2CCNCC2)cc1. The van der Waals surface area contributed by atoms with E-state index in [0.29, 0.717) is 6.61 Å². The number of para-hydroxylation sites is 2. The second-order valence-corrected chi connectivity index (χ2v) is 4.98. The van der Waals surface area contributed by atoms with Gasteiger partial charge in [-0.3, -0.25) is 0 Å². The fourth-order valence-electron chi connectivity index (χ4n) is 2.48. The van der Waals surface area contributed by atoms with Gasteiger partial charge in [0, 0.05) is 26.2 Å². The zero-order valence-electron chi connectivity index (χ0n) is 11.6. The molecule has 1 heterocycles. The van der Waals surface area contributed by atoms with Gasteiger partial charge in [0.05, 0.1) is 5.69 Å². The summed E-state index contributed by atoms with van der Waals surface area (Å²) in [5, 5.41) is 3.38. The first-order valence-electron chi connectivity index (χ1n) is 7.15. The minimum atomic E-state index is 0.615. The molecule has 0 aromatic heterocycles. The highest BCUT2D eigenvalue weighted by Gasteiger charge is 2.14. The quantitative estimate of drug-likeness (QED) is 0.922. The fourth-order valence-corrected chi connectivity index (χ4v) is 2.48. The highest BCUT2D eigenvalue weighted by atomic mass is 16.5. The third kappa shape index (κ3) is 3.11. The fraction of sp³-hybridized carbons (Fsp3) is 0.294. The van der Waals surface area contributed by atoms with Crippen molar-refractivity contribution in [3.63, 3.8) is 0 Å². The number of nitrogens with zero attached hydrogens (tertiary/aromatic N) is 1. The highest BCUT2D eigenvalue weighted by molar-refractivity contribution is 5.58. The Morgan fingerprint density at radius 2 is 1.60 bits per heavy atom. The lowest BCUT2D eigenvalue weighted by atomic mass is 10.2. The van der Waals surface area contributed by atoms with Crippen LogP contribution in [0.1, 0.15) is 5.56 Å². The molecule has 2 aromatic carbocycles. The summed E-state index contributed by atoms with van der Waals surface area (Å²) >= 11 is 0. The molecule has 0 amide bonds. The Hall–Kier alpha value is -2.00. The Bertz CT molecular complexity index is 536. The molecule has 0 saturated carbocycles. The van der Waals surface area contributed by atoms with Crippen molar-refractivity contribution in [1.82, 2.24) is 5.32 Å². The molecule has 1 fully saturated rings. The standard InChI is InChI=1S/C17H20N2O/c1-2-6-15(7-3-1)14-20-17-9-5-4-8-16(17)19-12-10-18-11-13-19/h1-9,18H,10-14H2. The second kappa shape index (κ2) is 6.44. The van der Waals surface area contributed by atoms with Crippen LogP contribution in [0.3, 0.4) is 0 Å². The lowest BCUT2D eigenvalue weighted by molar-refractivity contribution is 0.306. The summed E-state index contributed by atoms with van der Waals surface area (Å²) in [4.78, 5) is 2.39. The predicted octanol–water partition coefficient (Wildman–Crippen LogP) is 2.68. The van der Waals surface area contributed by atoms with Crippen LogP contribution in [0.25, 0.3) is 0 Å². The third-order valence-corrected chi connectivity index (χ3v) is 3.56. The Balaban J connectivity index is 1.72. The van der Waals surface area contributed by atoms with Gasteiger partial charge in [-0.1, -0.05) is 42.5 Å². The Morgan fingerprint density at radius 1 is 0.900 bits per heavy atom. The summed E-state index contributed by atoms with van der Waals surface area (Å²) in [5.41, 5.74) is 2.40. The molecule has 0 radical (unpaired) electrons. The number of rotatable bonds is 4. The van der Waals surface area contributed by atoms with Crippen molar-refractivity contribution in [3.05, 3.63) is 60.2 Å². The van der Waals surface area contributed by atoms with Crippen LogP contribution in [0.5, 0.6) is 5.75 Å². The van der Waals surface area contributed by atoms with E-state index in [0.717, 1.165) is 31.9 Å². The third-order valence-electron chi connectivity index (χ3n) is 3.56. The van der Waals surface area contributed by atoms with Crippen LogP contribution in [0.15, 0.2) is 54.6 Å². The van der Waals surface area contributed by atoms with Crippen molar-refractivity contribution in [1.29, 1.82) is 0 Å². The Labute approximate surface area is 120 Å². The van der Waals surface area contributed by atoms with Gasteiger partial charge >= 0.3 is 0 Å². The molecule has 3 heteroatoms. The van der Waals surface area contributed by atoms with Gasteiger partial charge in [-0.05, 0) is 17.7 Å². The summed E-state index contributed by atoms with van der Waals surface area (Å²) < 4.78 is 6.01. The van der Waals surface area contributed by atoms with E-state index < -0.39 is 0 Å². The molecule has 0 atom stereocenters. The van der Waals surface area contributed by atoms with Gasteiger partial charge in [-0.2, -0.15) is 0 Å². The lowest BCUT2D eigenvalue weighted by Gasteiger charge is -2.30. The highest BCUT2D eigenvalue weighted by Crippen LogP contribution is 2.28. The van der Waals surface area contributed by atoms with Gasteiger partial charge < -0.3 is 15.0 Å². The van der Waals surface area contributed by atoms with Crippen LogP contribution < -0.4 is 15.0 Å². The van der Waals surface area contributed by atoms with Crippen LogP contribution in [-0.2, 0) is 6.61 Å². The molecule has 0 bridgehead atoms. The molecule has 0 unspecified atom stereocenters. The summed E-state index contributed by atoms with van der Waals surface area (Å²) in [6, 6.07) is 18.6. The number of anilines is 1. The van der Waals surface area contributed by atoms with Crippen molar-refractivity contribution in [2.45, 2.75) is 6.61 Å². The predicted molar refractivity (Wildman–Crippen MR) is 82.3 cm³/mol. The number of benzene rings is 2. The smallest absolute Gasteiger partial charge is 0.143 e. The summed E-state index contributed by atoms with van der Waals surface area (Å²) in [6.07, 6.45) is 0.